The van der Waals surface area contributed by atoms with Gasteiger partial charge in [-0.15, -0.1) is 0 Å². The lowest BCUT2D eigenvalue weighted by molar-refractivity contribution is -0.138. The summed E-state index contributed by atoms with van der Waals surface area (Å²) < 4.78 is 0. The van der Waals surface area contributed by atoms with E-state index in [4.69, 9.17) is 10.8 Å². The molecule has 33 heavy (non-hydrogen) atoms. The molecule has 0 unspecified atom stereocenters. The van der Waals surface area contributed by atoms with E-state index in [0.29, 0.717) is 49.7 Å². The highest BCUT2D eigenvalue weighted by molar-refractivity contribution is 5.99. The maximum Gasteiger partial charge on any atom is 0.317 e. The van der Waals surface area contributed by atoms with Crippen molar-refractivity contribution < 1.29 is 19.5 Å². The number of nitrogen functional groups attached to an aromatic ring is 1. The van der Waals surface area contributed by atoms with Crippen LogP contribution in [-0.2, 0) is 11.3 Å². The average Bonchev–Trinajstić information content (AvgIpc) is 2.82. The monoisotopic (exact) mass is 447 g/mol. The Labute approximate surface area is 190 Å². The second kappa shape index (κ2) is 9.66. The van der Waals surface area contributed by atoms with Crippen LogP contribution in [0.1, 0.15) is 26.3 Å². The van der Waals surface area contributed by atoms with Gasteiger partial charge in [-0.05, 0) is 41.3 Å². The Bertz CT molecular complexity index is 1200. The number of piperazine rings is 1. The van der Waals surface area contributed by atoms with Crippen molar-refractivity contribution in [1.29, 1.82) is 0 Å². The predicted molar refractivity (Wildman–Crippen MR) is 124 cm³/mol. The van der Waals surface area contributed by atoms with Crippen molar-refractivity contribution in [2.24, 2.45) is 0 Å². The number of aliphatic carboxylic acids is 1. The van der Waals surface area contributed by atoms with Crippen LogP contribution in [-0.4, -0.2) is 70.4 Å². The molecule has 4 N–H and O–H groups in total. The molecule has 1 aliphatic rings. The first kappa shape index (κ1) is 22.2. The SMILES string of the molecule is Nc1nccc2ccc(CNC(=O)c3cccc(C(=O)N4CCN(CC(=O)O)CC4)c3)cc12. The average molecular weight is 447 g/mol. The standard InChI is InChI=1S/C24H25N5O4/c25-22-20-12-16(4-5-17(20)6-7-26-22)14-27-23(32)18-2-1-3-19(13-18)24(33)29-10-8-28(9-11-29)15-21(30)31/h1-7,12-13H,8-11,14-15H2,(H2,25,26)(H,27,32)(H,30,31). The molecule has 0 bridgehead atoms. The van der Waals surface area contributed by atoms with Crippen LogP contribution in [0.25, 0.3) is 10.8 Å². The Kier molecular flexibility index (Phi) is 6.50. The zero-order valence-electron chi connectivity index (χ0n) is 18.0. The van der Waals surface area contributed by atoms with Gasteiger partial charge in [-0.1, -0.05) is 18.2 Å². The third-order valence-corrected chi connectivity index (χ3v) is 5.70. The van der Waals surface area contributed by atoms with Gasteiger partial charge in [-0.2, -0.15) is 0 Å². The highest BCUT2D eigenvalue weighted by Gasteiger charge is 2.23. The maximum absolute atomic E-state index is 12.9. The van der Waals surface area contributed by atoms with Crippen LogP contribution in [0.3, 0.4) is 0 Å². The number of rotatable bonds is 6. The summed E-state index contributed by atoms with van der Waals surface area (Å²) in [5.74, 6) is -0.889. The van der Waals surface area contributed by atoms with Gasteiger partial charge in [0.25, 0.3) is 11.8 Å². The number of nitrogens with zero attached hydrogens (tertiary/aromatic N) is 3. The van der Waals surface area contributed by atoms with E-state index in [0.717, 1.165) is 16.3 Å². The van der Waals surface area contributed by atoms with Gasteiger partial charge in [0.15, 0.2) is 0 Å². The van der Waals surface area contributed by atoms with E-state index in [1.807, 2.05) is 24.3 Å². The predicted octanol–water partition coefficient (Wildman–Crippen LogP) is 1.59. The number of carboxylic acids is 1. The van der Waals surface area contributed by atoms with Gasteiger partial charge in [-0.3, -0.25) is 19.3 Å². The first-order valence-electron chi connectivity index (χ1n) is 10.7. The lowest BCUT2D eigenvalue weighted by Crippen LogP contribution is -2.49. The van der Waals surface area contributed by atoms with Crippen LogP contribution in [0, 0.1) is 0 Å². The summed E-state index contributed by atoms with van der Waals surface area (Å²) in [6.07, 6.45) is 1.66. The topological polar surface area (TPSA) is 129 Å². The van der Waals surface area contributed by atoms with Crippen LogP contribution >= 0.6 is 0 Å². The number of pyridine rings is 1. The summed E-state index contributed by atoms with van der Waals surface area (Å²) in [7, 11) is 0. The summed E-state index contributed by atoms with van der Waals surface area (Å²) in [5, 5.41) is 13.6. The summed E-state index contributed by atoms with van der Waals surface area (Å²) in [5.41, 5.74) is 7.66. The zero-order chi connectivity index (χ0) is 23.4. The highest BCUT2D eigenvalue weighted by atomic mass is 16.4. The third-order valence-electron chi connectivity index (χ3n) is 5.70. The molecule has 170 valence electrons. The molecule has 0 radical (unpaired) electrons. The molecule has 2 amide bonds. The van der Waals surface area contributed by atoms with Crippen molar-refractivity contribution in [3.8, 4) is 0 Å². The Hall–Kier alpha value is -3.98. The molecule has 2 heterocycles. The largest absolute Gasteiger partial charge is 0.480 e. The molecule has 9 nitrogen and oxygen atoms in total. The highest BCUT2D eigenvalue weighted by Crippen LogP contribution is 2.20. The molecule has 1 saturated heterocycles. The van der Waals surface area contributed by atoms with Gasteiger partial charge in [0, 0.05) is 55.4 Å². The second-order valence-corrected chi connectivity index (χ2v) is 7.98. The van der Waals surface area contributed by atoms with Crippen molar-refractivity contribution >= 4 is 34.4 Å². The maximum atomic E-state index is 12.9. The van der Waals surface area contributed by atoms with Crippen LogP contribution in [0.5, 0.6) is 0 Å². The quantitative estimate of drug-likeness (QED) is 0.523. The summed E-state index contributed by atoms with van der Waals surface area (Å²) in [4.78, 5) is 44.0. The molecule has 3 aromatic rings. The second-order valence-electron chi connectivity index (χ2n) is 7.98. The summed E-state index contributed by atoms with van der Waals surface area (Å²) in [6.45, 7) is 2.18. The molecule has 2 aromatic carbocycles. The number of anilines is 1. The zero-order valence-corrected chi connectivity index (χ0v) is 18.0. The van der Waals surface area contributed by atoms with E-state index in [9.17, 15) is 14.4 Å². The molecular formula is C24H25N5O4. The van der Waals surface area contributed by atoms with Gasteiger partial charge in [0.05, 0.1) is 6.54 Å². The molecule has 9 heteroatoms. The van der Waals surface area contributed by atoms with Crippen molar-refractivity contribution in [3.05, 3.63) is 71.4 Å². The molecule has 1 aromatic heterocycles. The smallest absolute Gasteiger partial charge is 0.317 e. The number of carbonyl (C=O) groups excluding carboxylic acids is 2. The van der Waals surface area contributed by atoms with Crippen LogP contribution in [0.2, 0.25) is 0 Å². The lowest BCUT2D eigenvalue weighted by Gasteiger charge is -2.33. The fourth-order valence-electron chi connectivity index (χ4n) is 3.91. The van der Waals surface area contributed by atoms with E-state index >= 15 is 0 Å². The van der Waals surface area contributed by atoms with Crippen molar-refractivity contribution in [1.82, 2.24) is 20.1 Å². The van der Waals surface area contributed by atoms with E-state index in [1.54, 1.807) is 40.3 Å². The van der Waals surface area contributed by atoms with Crippen molar-refractivity contribution in [3.63, 3.8) is 0 Å². The minimum Gasteiger partial charge on any atom is -0.480 e. The van der Waals surface area contributed by atoms with Gasteiger partial charge in [0.2, 0.25) is 0 Å². The summed E-state index contributed by atoms with van der Waals surface area (Å²) >= 11 is 0. The first-order valence-corrected chi connectivity index (χ1v) is 10.7. The molecule has 0 saturated carbocycles. The Balaban J connectivity index is 1.38. The normalized spacial score (nSPS) is 14.2. The van der Waals surface area contributed by atoms with Crippen molar-refractivity contribution in [2.75, 3.05) is 38.5 Å². The number of benzene rings is 2. The number of hydrogen-bond donors (Lipinski definition) is 3. The number of nitrogens with one attached hydrogen (secondary N) is 1. The van der Waals surface area contributed by atoms with E-state index in [1.165, 1.54) is 0 Å². The first-order chi connectivity index (χ1) is 15.9. The molecular weight excluding hydrogens is 422 g/mol. The number of carbonyl (C=O) groups is 3. The van der Waals surface area contributed by atoms with Crippen LogP contribution in [0.15, 0.2) is 54.7 Å². The van der Waals surface area contributed by atoms with E-state index < -0.39 is 5.97 Å². The summed E-state index contributed by atoms with van der Waals surface area (Å²) in [6, 6.07) is 14.3. The van der Waals surface area contributed by atoms with Crippen LogP contribution in [0.4, 0.5) is 5.82 Å². The van der Waals surface area contributed by atoms with Gasteiger partial charge in [-0.25, -0.2) is 4.98 Å². The van der Waals surface area contributed by atoms with Crippen LogP contribution < -0.4 is 11.1 Å². The number of nitrogens with two attached hydrogens (primary N) is 1. The fourth-order valence-corrected chi connectivity index (χ4v) is 3.91. The lowest BCUT2D eigenvalue weighted by atomic mass is 10.1. The minimum absolute atomic E-state index is 0.0298. The number of hydrogen-bond acceptors (Lipinski definition) is 6. The van der Waals surface area contributed by atoms with Gasteiger partial charge < -0.3 is 21.1 Å². The molecule has 1 aliphatic heterocycles. The number of aromatic nitrogens is 1. The van der Waals surface area contributed by atoms with Gasteiger partial charge >= 0.3 is 5.97 Å². The Morgan fingerprint density at radius 1 is 1.00 bits per heavy atom. The molecule has 4 rings (SSSR count). The molecule has 1 fully saturated rings. The number of carboxylic acid groups (broad SMARTS) is 1. The van der Waals surface area contributed by atoms with E-state index in [-0.39, 0.29) is 18.4 Å². The van der Waals surface area contributed by atoms with Gasteiger partial charge in [0.1, 0.15) is 5.82 Å². The number of fused-ring (bicyclic) bond motifs is 1. The minimum atomic E-state index is -0.877. The molecule has 0 aliphatic carbocycles. The number of amides is 2. The van der Waals surface area contributed by atoms with Crippen molar-refractivity contribution in [2.45, 2.75) is 6.54 Å². The fraction of sp³-hybridized carbons (Fsp3) is 0.250. The molecule has 0 spiro atoms. The third kappa shape index (κ3) is 5.27. The van der Waals surface area contributed by atoms with E-state index in [2.05, 4.69) is 10.3 Å². The Morgan fingerprint density at radius 2 is 1.76 bits per heavy atom. The Morgan fingerprint density at radius 3 is 2.52 bits per heavy atom. The molecule has 0 atom stereocenters.